The Bertz CT molecular complexity index is 669. The second kappa shape index (κ2) is 4.13. The first-order valence-corrected chi connectivity index (χ1v) is 6.70. The maximum Gasteiger partial charge on any atom is 0.0358 e. The van der Waals surface area contributed by atoms with Crippen LogP contribution in [-0.4, -0.2) is 7.05 Å². The maximum atomic E-state index is 3.33. The Hall–Kier alpha value is -1.38. The van der Waals surface area contributed by atoms with Gasteiger partial charge in [-0.05, 0) is 31.7 Å². The van der Waals surface area contributed by atoms with Gasteiger partial charge in [0.15, 0.2) is 0 Å². The molecule has 0 bridgehead atoms. The van der Waals surface area contributed by atoms with Crippen LogP contribution in [0.4, 0.5) is 0 Å². The van der Waals surface area contributed by atoms with E-state index in [0.29, 0.717) is 6.04 Å². The highest BCUT2D eigenvalue weighted by Crippen LogP contribution is 2.37. The maximum absolute atomic E-state index is 3.33. The summed E-state index contributed by atoms with van der Waals surface area (Å²) in [7, 11) is 2.01. The van der Waals surface area contributed by atoms with E-state index < -0.39 is 0 Å². The molecule has 3 aromatic rings. The van der Waals surface area contributed by atoms with Crippen molar-refractivity contribution in [1.82, 2.24) is 5.32 Å². The van der Waals surface area contributed by atoms with Gasteiger partial charge in [0.05, 0.1) is 0 Å². The van der Waals surface area contributed by atoms with Gasteiger partial charge in [-0.2, -0.15) is 0 Å². The lowest BCUT2D eigenvalue weighted by molar-refractivity contribution is 0.657. The second-order valence-electron chi connectivity index (χ2n) is 4.33. The molecule has 0 saturated carbocycles. The fraction of sp³-hybridized carbons (Fsp3) is 0.200. The number of fused-ring (bicyclic) bond motifs is 3. The highest BCUT2D eigenvalue weighted by Gasteiger charge is 2.11. The van der Waals surface area contributed by atoms with Crippen LogP contribution >= 0.6 is 11.3 Å². The molecule has 1 N–H and O–H groups in total. The van der Waals surface area contributed by atoms with Crippen LogP contribution in [0.3, 0.4) is 0 Å². The molecule has 0 unspecified atom stereocenters. The lowest BCUT2D eigenvalue weighted by Crippen LogP contribution is -2.12. The minimum absolute atomic E-state index is 0.386. The molecule has 3 rings (SSSR count). The van der Waals surface area contributed by atoms with Gasteiger partial charge < -0.3 is 5.32 Å². The summed E-state index contributed by atoms with van der Waals surface area (Å²) in [4.78, 5) is 0. The topological polar surface area (TPSA) is 12.0 Å². The quantitative estimate of drug-likeness (QED) is 0.704. The molecule has 0 radical (unpaired) electrons. The fourth-order valence-corrected chi connectivity index (χ4v) is 3.46. The summed E-state index contributed by atoms with van der Waals surface area (Å²) >= 11 is 1.88. The molecule has 2 heteroatoms. The van der Waals surface area contributed by atoms with Gasteiger partial charge in [-0.3, -0.25) is 0 Å². The van der Waals surface area contributed by atoms with E-state index >= 15 is 0 Å². The van der Waals surface area contributed by atoms with E-state index in [0.717, 1.165) is 0 Å². The normalized spacial score (nSPS) is 13.3. The van der Waals surface area contributed by atoms with Gasteiger partial charge in [-0.25, -0.2) is 0 Å². The summed E-state index contributed by atoms with van der Waals surface area (Å²) in [5.74, 6) is 0. The summed E-state index contributed by atoms with van der Waals surface area (Å²) < 4.78 is 2.75. The molecule has 86 valence electrons. The first-order chi connectivity index (χ1) is 8.31. The van der Waals surface area contributed by atoms with Crippen LogP contribution in [0, 0.1) is 0 Å². The van der Waals surface area contributed by atoms with Gasteiger partial charge >= 0.3 is 0 Å². The zero-order valence-corrected chi connectivity index (χ0v) is 10.8. The Kier molecular flexibility index (Phi) is 2.61. The average Bonchev–Trinajstić information content (AvgIpc) is 2.76. The van der Waals surface area contributed by atoms with Crippen molar-refractivity contribution in [2.24, 2.45) is 0 Å². The highest BCUT2D eigenvalue weighted by molar-refractivity contribution is 7.25. The van der Waals surface area contributed by atoms with Crippen molar-refractivity contribution in [1.29, 1.82) is 0 Å². The molecule has 0 amide bonds. The molecule has 0 fully saturated rings. The summed E-state index contributed by atoms with van der Waals surface area (Å²) in [5.41, 5.74) is 1.39. The van der Waals surface area contributed by atoms with Crippen molar-refractivity contribution >= 4 is 31.5 Å². The number of nitrogens with one attached hydrogen (secondary N) is 1. The molecule has 1 atom stereocenters. The van der Waals surface area contributed by atoms with E-state index in [1.807, 2.05) is 18.4 Å². The van der Waals surface area contributed by atoms with E-state index in [4.69, 9.17) is 0 Å². The minimum Gasteiger partial charge on any atom is -0.313 e. The van der Waals surface area contributed by atoms with Gasteiger partial charge in [0.25, 0.3) is 0 Å². The van der Waals surface area contributed by atoms with Crippen molar-refractivity contribution in [2.75, 3.05) is 7.05 Å². The average molecular weight is 241 g/mol. The van der Waals surface area contributed by atoms with Crippen LogP contribution in [0.5, 0.6) is 0 Å². The summed E-state index contributed by atoms with van der Waals surface area (Å²) in [6.07, 6.45) is 0. The standard InChI is InChI=1S/C15H15NS/c1-10(16-2)11-7-5-9-14-15(11)12-6-3-4-8-13(12)17-14/h3-10,16H,1-2H3/t10-/m0/s1. The van der Waals surface area contributed by atoms with Gasteiger partial charge in [0.1, 0.15) is 0 Å². The summed E-state index contributed by atoms with van der Waals surface area (Å²) in [6.45, 7) is 2.21. The largest absolute Gasteiger partial charge is 0.313 e. The third-order valence-corrected chi connectivity index (χ3v) is 4.47. The second-order valence-corrected chi connectivity index (χ2v) is 5.41. The summed E-state index contributed by atoms with van der Waals surface area (Å²) in [5, 5.41) is 6.12. The van der Waals surface area contributed by atoms with Crippen LogP contribution in [0.15, 0.2) is 42.5 Å². The minimum atomic E-state index is 0.386. The first kappa shape index (κ1) is 10.8. The van der Waals surface area contributed by atoms with Crippen LogP contribution in [0.25, 0.3) is 20.2 Å². The van der Waals surface area contributed by atoms with E-state index in [2.05, 4.69) is 54.7 Å². The van der Waals surface area contributed by atoms with E-state index in [-0.39, 0.29) is 0 Å². The van der Waals surface area contributed by atoms with Crippen LogP contribution in [0.2, 0.25) is 0 Å². The zero-order chi connectivity index (χ0) is 11.8. The first-order valence-electron chi connectivity index (χ1n) is 5.88. The van der Waals surface area contributed by atoms with Crippen molar-refractivity contribution in [3.05, 3.63) is 48.0 Å². The van der Waals surface area contributed by atoms with E-state index in [9.17, 15) is 0 Å². The fourth-order valence-electron chi connectivity index (χ4n) is 2.32. The van der Waals surface area contributed by atoms with Crippen LogP contribution < -0.4 is 5.32 Å². The van der Waals surface area contributed by atoms with Crippen molar-refractivity contribution < 1.29 is 0 Å². The molecule has 0 aliphatic heterocycles. The van der Waals surface area contributed by atoms with Gasteiger partial charge in [0.2, 0.25) is 0 Å². The van der Waals surface area contributed by atoms with Gasteiger partial charge in [-0.1, -0.05) is 30.3 Å². The Balaban J connectivity index is 2.43. The van der Waals surface area contributed by atoms with Gasteiger partial charge in [0, 0.05) is 26.2 Å². The summed E-state index contributed by atoms with van der Waals surface area (Å²) in [6, 6.07) is 15.6. The lowest BCUT2D eigenvalue weighted by atomic mass is 10.0. The molecule has 0 spiro atoms. The molecule has 17 heavy (non-hydrogen) atoms. The molecule has 1 aromatic heterocycles. The Labute approximate surface area is 105 Å². The van der Waals surface area contributed by atoms with E-state index in [1.165, 1.54) is 25.7 Å². The van der Waals surface area contributed by atoms with E-state index in [1.54, 1.807) is 0 Å². The molecule has 2 aromatic carbocycles. The number of thiophene rings is 1. The monoisotopic (exact) mass is 241 g/mol. The van der Waals surface area contributed by atoms with Crippen LogP contribution in [-0.2, 0) is 0 Å². The number of benzene rings is 2. The van der Waals surface area contributed by atoms with Crippen molar-refractivity contribution in [3.63, 3.8) is 0 Å². The predicted molar refractivity (Wildman–Crippen MR) is 76.8 cm³/mol. The Morgan fingerprint density at radius 1 is 1.00 bits per heavy atom. The number of rotatable bonds is 2. The molecule has 1 heterocycles. The Morgan fingerprint density at radius 2 is 1.76 bits per heavy atom. The smallest absolute Gasteiger partial charge is 0.0358 e. The van der Waals surface area contributed by atoms with Crippen molar-refractivity contribution in [3.8, 4) is 0 Å². The Morgan fingerprint density at radius 3 is 2.59 bits per heavy atom. The molecule has 0 aliphatic rings. The number of hydrogen-bond acceptors (Lipinski definition) is 2. The molecular weight excluding hydrogens is 226 g/mol. The molecular formula is C15H15NS. The third-order valence-electron chi connectivity index (χ3n) is 3.33. The highest BCUT2D eigenvalue weighted by atomic mass is 32.1. The lowest BCUT2D eigenvalue weighted by Gasteiger charge is -2.12. The molecule has 0 aliphatic carbocycles. The van der Waals surface area contributed by atoms with Gasteiger partial charge in [-0.15, -0.1) is 11.3 Å². The number of hydrogen-bond donors (Lipinski definition) is 1. The third kappa shape index (κ3) is 1.65. The predicted octanol–water partition coefficient (Wildman–Crippen LogP) is 4.33. The molecule has 0 saturated heterocycles. The van der Waals surface area contributed by atoms with Crippen LogP contribution in [0.1, 0.15) is 18.5 Å². The molecule has 1 nitrogen and oxygen atoms in total. The van der Waals surface area contributed by atoms with Crippen molar-refractivity contribution in [2.45, 2.75) is 13.0 Å². The SMILES string of the molecule is CN[C@@H](C)c1cccc2sc3ccccc3c12. The zero-order valence-electron chi connectivity index (χ0n) is 10.0.